The number of carbonyl (C=O) groups is 1. The highest BCUT2D eigenvalue weighted by atomic mass is 19.1. The molecule has 0 unspecified atom stereocenters. The monoisotopic (exact) mass is 256 g/mol. The maximum atomic E-state index is 13.5. The van der Waals surface area contributed by atoms with E-state index in [9.17, 15) is 13.6 Å². The van der Waals surface area contributed by atoms with Crippen LogP contribution in [-0.2, 0) is 0 Å². The summed E-state index contributed by atoms with van der Waals surface area (Å²) in [5.74, 6) is -2.14. The van der Waals surface area contributed by atoms with Crippen molar-refractivity contribution in [3.63, 3.8) is 0 Å². The molecule has 0 aromatic heterocycles. The number of rotatable bonds is 5. The molecule has 0 aliphatic carbocycles. The highest BCUT2D eigenvalue weighted by molar-refractivity contribution is 5.95. The topological polar surface area (TPSA) is 55.1 Å². The summed E-state index contributed by atoms with van der Waals surface area (Å²) in [6.45, 7) is 4.53. The van der Waals surface area contributed by atoms with Gasteiger partial charge in [-0.1, -0.05) is 13.8 Å². The van der Waals surface area contributed by atoms with Crippen LogP contribution in [-0.4, -0.2) is 12.5 Å². The van der Waals surface area contributed by atoms with Crippen LogP contribution in [0.4, 0.5) is 14.5 Å². The molecule has 0 aliphatic rings. The highest BCUT2D eigenvalue weighted by Gasteiger charge is 2.18. The molecule has 0 spiro atoms. The standard InChI is InChI=1S/C13H18F2N2O/c1-8(2)4-3-7-17-13(18)11-9(14)5-6-10(16)12(11)15/h5-6,8H,3-4,7,16H2,1-2H3,(H,17,18). The summed E-state index contributed by atoms with van der Waals surface area (Å²) in [4.78, 5) is 11.6. The Balaban J connectivity index is 2.65. The van der Waals surface area contributed by atoms with Crippen LogP contribution in [0, 0.1) is 17.6 Å². The zero-order valence-electron chi connectivity index (χ0n) is 10.6. The third-order valence-electron chi connectivity index (χ3n) is 2.59. The van der Waals surface area contributed by atoms with Gasteiger partial charge in [-0.2, -0.15) is 0 Å². The van der Waals surface area contributed by atoms with Crippen LogP contribution in [0.2, 0.25) is 0 Å². The van der Waals surface area contributed by atoms with E-state index in [0.29, 0.717) is 12.5 Å². The van der Waals surface area contributed by atoms with E-state index in [1.807, 2.05) is 0 Å². The molecule has 0 fully saturated rings. The molecule has 100 valence electrons. The van der Waals surface area contributed by atoms with Crippen molar-refractivity contribution < 1.29 is 13.6 Å². The lowest BCUT2D eigenvalue weighted by Crippen LogP contribution is -2.27. The predicted octanol–water partition coefficient (Wildman–Crippen LogP) is 2.71. The van der Waals surface area contributed by atoms with E-state index in [0.717, 1.165) is 25.0 Å². The number of halogens is 2. The van der Waals surface area contributed by atoms with Gasteiger partial charge in [-0.25, -0.2) is 8.78 Å². The van der Waals surface area contributed by atoms with Crippen molar-refractivity contribution in [2.24, 2.45) is 5.92 Å². The van der Waals surface area contributed by atoms with E-state index >= 15 is 0 Å². The van der Waals surface area contributed by atoms with Crippen molar-refractivity contribution in [3.05, 3.63) is 29.3 Å². The van der Waals surface area contributed by atoms with Gasteiger partial charge in [0.15, 0.2) is 5.82 Å². The van der Waals surface area contributed by atoms with Crippen LogP contribution >= 0.6 is 0 Å². The van der Waals surface area contributed by atoms with Crippen LogP contribution in [0.15, 0.2) is 12.1 Å². The Morgan fingerprint density at radius 3 is 2.67 bits per heavy atom. The van der Waals surface area contributed by atoms with Crippen molar-refractivity contribution in [1.82, 2.24) is 5.32 Å². The lowest BCUT2D eigenvalue weighted by atomic mass is 10.1. The highest BCUT2D eigenvalue weighted by Crippen LogP contribution is 2.18. The van der Waals surface area contributed by atoms with E-state index in [-0.39, 0.29) is 5.69 Å². The van der Waals surface area contributed by atoms with E-state index in [1.165, 1.54) is 0 Å². The van der Waals surface area contributed by atoms with Gasteiger partial charge in [-0.3, -0.25) is 4.79 Å². The van der Waals surface area contributed by atoms with Crippen molar-refractivity contribution in [1.29, 1.82) is 0 Å². The van der Waals surface area contributed by atoms with Crippen molar-refractivity contribution in [2.75, 3.05) is 12.3 Å². The fraction of sp³-hybridized carbons (Fsp3) is 0.462. The molecule has 0 atom stereocenters. The summed E-state index contributed by atoms with van der Waals surface area (Å²) in [6.07, 6.45) is 1.72. The first-order valence-corrected chi connectivity index (χ1v) is 5.95. The molecule has 1 aromatic rings. The molecule has 0 radical (unpaired) electrons. The molecule has 0 saturated carbocycles. The lowest BCUT2D eigenvalue weighted by molar-refractivity contribution is 0.0944. The maximum Gasteiger partial charge on any atom is 0.257 e. The number of nitrogens with two attached hydrogens (primary N) is 1. The minimum atomic E-state index is -1.00. The minimum Gasteiger partial charge on any atom is -0.396 e. The van der Waals surface area contributed by atoms with E-state index in [4.69, 9.17) is 5.73 Å². The summed E-state index contributed by atoms with van der Waals surface area (Å²) in [5.41, 5.74) is 4.46. The number of carbonyl (C=O) groups excluding carboxylic acids is 1. The van der Waals surface area contributed by atoms with E-state index in [1.54, 1.807) is 0 Å². The molecule has 1 rings (SSSR count). The summed E-state index contributed by atoms with van der Waals surface area (Å²) in [5, 5.41) is 2.49. The number of hydrogen-bond acceptors (Lipinski definition) is 2. The average Bonchev–Trinajstić information content (AvgIpc) is 2.30. The number of hydrogen-bond donors (Lipinski definition) is 2. The lowest BCUT2D eigenvalue weighted by Gasteiger charge is -2.09. The van der Waals surface area contributed by atoms with E-state index < -0.39 is 23.1 Å². The van der Waals surface area contributed by atoms with Gasteiger partial charge in [-0.05, 0) is 30.9 Å². The predicted molar refractivity (Wildman–Crippen MR) is 67.2 cm³/mol. The quantitative estimate of drug-likeness (QED) is 0.628. The first-order chi connectivity index (χ1) is 8.43. The second kappa shape index (κ2) is 6.33. The Morgan fingerprint density at radius 1 is 1.39 bits per heavy atom. The fourth-order valence-corrected chi connectivity index (χ4v) is 1.58. The molecule has 3 N–H and O–H groups in total. The second-order valence-electron chi connectivity index (χ2n) is 4.62. The molecule has 18 heavy (non-hydrogen) atoms. The number of nitrogen functional groups attached to an aromatic ring is 1. The molecule has 0 saturated heterocycles. The number of nitrogens with one attached hydrogen (secondary N) is 1. The van der Waals surface area contributed by atoms with Crippen LogP contribution in [0.25, 0.3) is 0 Å². The Morgan fingerprint density at radius 2 is 2.06 bits per heavy atom. The van der Waals surface area contributed by atoms with Crippen molar-refractivity contribution >= 4 is 11.6 Å². The third-order valence-corrected chi connectivity index (χ3v) is 2.59. The van der Waals surface area contributed by atoms with Gasteiger partial charge in [0.1, 0.15) is 11.4 Å². The van der Waals surface area contributed by atoms with Crippen LogP contribution in [0.3, 0.4) is 0 Å². The maximum absolute atomic E-state index is 13.5. The normalized spacial score (nSPS) is 10.7. The van der Waals surface area contributed by atoms with Crippen molar-refractivity contribution in [3.8, 4) is 0 Å². The van der Waals surface area contributed by atoms with E-state index in [2.05, 4.69) is 19.2 Å². The minimum absolute atomic E-state index is 0.233. The number of anilines is 1. The molecule has 1 aromatic carbocycles. The van der Waals surface area contributed by atoms with Gasteiger partial charge in [-0.15, -0.1) is 0 Å². The van der Waals surface area contributed by atoms with Gasteiger partial charge in [0.25, 0.3) is 5.91 Å². The fourth-order valence-electron chi connectivity index (χ4n) is 1.58. The smallest absolute Gasteiger partial charge is 0.257 e. The van der Waals surface area contributed by atoms with Gasteiger partial charge < -0.3 is 11.1 Å². The SMILES string of the molecule is CC(C)CCCNC(=O)c1c(F)ccc(N)c1F. The largest absolute Gasteiger partial charge is 0.396 e. The van der Waals surface area contributed by atoms with Gasteiger partial charge in [0.05, 0.1) is 5.69 Å². The summed E-state index contributed by atoms with van der Waals surface area (Å²) < 4.78 is 26.9. The molecule has 5 heteroatoms. The van der Waals surface area contributed by atoms with Crippen molar-refractivity contribution in [2.45, 2.75) is 26.7 Å². The molecule has 0 bridgehead atoms. The van der Waals surface area contributed by atoms with Crippen LogP contribution in [0.5, 0.6) is 0 Å². The number of benzene rings is 1. The molecule has 1 amide bonds. The van der Waals surface area contributed by atoms with Gasteiger partial charge >= 0.3 is 0 Å². The summed E-state index contributed by atoms with van der Waals surface area (Å²) in [7, 11) is 0. The molecule has 0 aliphatic heterocycles. The first kappa shape index (κ1) is 14.4. The second-order valence-corrected chi connectivity index (χ2v) is 4.62. The third kappa shape index (κ3) is 3.68. The zero-order chi connectivity index (χ0) is 13.7. The van der Waals surface area contributed by atoms with Gasteiger partial charge in [0.2, 0.25) is 0 Å². The molecular weight excluding hydrogens is 238 g/mol. The first-order valence-electron chi connectivity index (χ1n) is 5.95. The Kier molecular flexibility index (Phi) is 5.07. The summed E-state index contributed by atoms with van der Waals surface area (Å²) in [6, 6.07) is 2.08. The molecular formula is C13H18F2N2O. The Bertz CT molecular complexity index is 433. The Hall–Kier alpha value is -1.65. The number of amides is 1. The zero-order valence-corrected chi connectivity index (χ0v) is 10.6. The average molecular weight is 256 g/mol. The Labute approximate surface area is 105 Å². The van der Waals surface area contributed by atoms with Crippen LogP contribution in [0.1, 0.15) is 37.0 Å². The molecule has 0 heterocycles. The summed E-state index contributed by atoms with van der Waals surface area (Å²) >= 11 is 0. The molecule has 3 nitrogen and oxygen atoms in total. The van der Waals surface area contributed by atoms with Gasteiger partial charge in [0, 0.05) is 6.54 Å². The van der Waals surface area contributed by atoms with Crippen LogP contribution < -0.4 is 11.1 Å².